The van der Waals surface area contributed by atoms with Gasteiger partial charge < -0.3 is 14.2 Å². The number of esters is 1. The van der Waals surface area contributed by atoms with Gasteiger partial charge in [-0.1, -0.05) is 29.8 Å². The van der Waals surface area contributed by atoms with Crippen LogP contribution in [-0.2, 0) is 23.8 Å². The maximum atomic E-state index is 12.3. The lowest BCUT2D eigenvalue weighted by molar-refractivity contribution is -0.335. The third-order valence-electron chi connectivity index (χ3n) is 4.75. The van der Waals surface area contributed by atoms with Crippen LogP contribution in [0.4, 0.5) is 0 Å². The first kappa shape index (κ1) is 17.4. The van der Waals surface area contributed by atoms with Crippen molar-refractivity contribution in [3.8, 4) is 0 Å². The number of hydrogen-bond acceptors (Lipinski definition) is 6. The van der Waals surface area contributed by atoms with Gasteiger partial charge >= 0.3 is 5.97 Å². The van der Waals surface area contributed by atoms with Gasteiger partial charge in [-0.15, -0.1) is 5.06 Å². The summed E-state index contributed by atoms with van der Waals surface area (Å²) in [7, 11) is 2.81. The quantitative estimate of drug-likeness (QED) is 0.789. The Balaban J connectivity index is 1.92. The SMILES string of the molecule is COC(=O)C1(OC)CC(c2ccc(C)cc2)N(C2CCCCO2)O1. The van der Waals surface area contributed by atoms with Crippen molar-refractivity contribution < 1.29 is 23.8 Å². The van der Waals surface area contributed by atoms with Crippen molar-refractivity contribution in [3.63, 3.8) is 0 Å². The van der Waals surface area contributed by atoms with Gasteiger partial charge in [-0.25, -0.2) is 9.63 Å². The highest BCUT2D eigenvalue weighted by Crippen LogP contribution is 2.44. The topological polar surface area (TPSA) is 57.2 Å². The van der Waals surface area contributed by atoms with Crippen molar-refractivity contribution in [1.82, 2.24) is 5.06 Å². The molecule has 0 amide bonds. The summed E-state index contributed by atoms with van der Waals surface area (Å²) >= 11 is 0. The van der Waals surface area contributed by atoms with Crippen LogP contribution in [0.15, 0.2) is 24.3 Å². The lowest BCUT2D eigenvalue weighted by atomic mass is 9.98. The zero-order chi connectivity index (χ0) is 17.2. The van der Waals surface area contributed by atoms with E-state index in [9.17, 15) is 4.79 Å². The smallest absolute Gasteiger partial charge is 0.368 e. The minimum absolute atomic E-state index is 0.132. The summed E-state index contributed by atoms with van der Waals surface area (Å²) in [5.41, 5.74) is 2.25. The highest BCUT2D eigenvalue weighted by Gasteiger charge is 2.55. The van der Waals surface area contributed by atoms with Crippen molar-refractivity contribution in [2.75, 3.05) is 20.8 Å². The number of methoxy groups -OCH3 is 2. The van der Waals surface area contributed by atoms with Gasteiger partial charge in [-0.05, 0) is 31.7 Å². The molecular weight excluding hydrogens is 310 g/mol. The van der Waals surface area contributed by atoms with Gasteiger partial charge in [0.25, 0.3) is 5.79 Å². The summed E-state index contributed by atoms with van der Waals surface area (Å²) in [4.78, 5) is 18.3. The van der Waals surface area contributed by atoms with E-state index in [0.717, 1.165) is 24.8 Å². The molecule has 2 aliphatic heterocycles. The van der Waals surface area contributed by atoms with Crippen LogP contribution in [-0.4, -0.2) is 43.9 Å². The average Bonchev–Trinajstić information content (AvgIpc) is 3.04. The van der Waals surface area contributed by atoms with Crippen molar-refractivity contribution in [2.24, 2.45) is 0 Å². The molecule has 0 N–H and O–H groups in total. The minimum atomic E-state index is -1.43. The van der Waals surface area contributed by atoms with Crippen molar-refractivity contribution in [2.45, 2.75) is 50.7 Å². The van der Waals surface area contributed by atoms with Crippen LogP contribution in [0.3, 0.4) is 0 Å². The van der Waals surface area contributed by atoms with E-state index >= 15 is 0 Å². The molecule has 0 aromatic heterocycles. The van der Waals surface area contributed by atoms with Gasteiger partial charge in [0.1, 0.15) is 6.23 Å². The van der Waals surface area contributed by atoms with Gasteiger partial charge in [-0.2, -0.15) is 0 Å². The summed E-state index contributed by atoms with van der Waals surface area (Å²) in [6, 6.07) is 8.10. The van der Waals surface area contributed by atoms with Crippen LogP contribution in [0.1, 0.15) is 42.9 Å². The molecule has 6 heteroatoms. The van der Waals surface area contributed by atoms with E-state index in [0.29, 0.717) is 13.0 Å². The predicted molar refractivity (Wildman–Crippen MR) is 86.8 cm³/mol. The van der Waals surface area contributed by atoms with Crippen LogP contribution in [0.2, 0.25) is 0 Å². The number of ether oxygens (including phenoxy) is 3. The van der Waals surface area contributed by atoms with E-state index in [1.54, 1.807) is 5.06 Å². The Morgan fingerprint density at radius 3 is 2.58 bits per heavy atom. The van der Waals surface area contributed by atoms with Crippen LogP contribution in [0, 0.1) is 6.92 Å². The summed E-state index contributed by atoms with van der Waals surface area (Å²) in [5.74, 6) is -1.95. The first-order chi connectivity index (χ1) is 11.6. The largest absolute Gasteiger partial charge is 0.465 e. The molecule has 3 unspecified atom stereocenters. The molecule has 0 bridgehead atoms. The Morgan fingerprint density at radius 2 is 2.00 bits per heavy atom. The van der Waals surface area contributed by atoms with Crippen LogP contribution >= 0.6 is 0 Å². The Labute approximate surface area is 142 Å². The zero-order valence-electron chi connectivity index (χ0n) is 14.5. The number of carbonyl (C=O) groups is 1. The molecule has 3 rings (SSSR count). The third-order valence-corrected chi connectivity index (χ3v) is 4.75. The van der Waals surface area contributed by atoms with Gasteiger partial charge in [0.2, 0.25) is 0 Å². The molecule has 1 aromatic rings. The lowest BCUT2D eigenvalue weighted by Gasteiger charge is -2.34. The van der Waals surface area contributed by atoms with E-state index in [1.807, 2.05) is 6.92 Å². The minimum Gasteiger partial charge on any atom is -0.465 e. The highest BCUT2D eigenvalue weighted by atomic mass is 16.8. The van der Waals surface area contributed by atoms with Crippen LogP contribution < -0.4 is 0 Å². The van der Waals surface area contributed by atoms with Gasteiger partial charge in [-0.3, -0.25) is 0 Å². The molecule has 2 saturated heterocycles. The summed E-state index contributed by atoms with van der Waals surface area (Å²) in [6.07, 6.45) is 3.16. The summed E-state index contributed by atoms with van der Waals surface area (Å²) in [5, 5.41) is 1.78. The molecule has 0 saturated carbocycles. The fraction of sp³-hybridized carbons (Fsp3) is 0.611. The van der Waals surface area contributed by atoms with Gasteiger partial charge in [0.05, 0.1) is 13.2 Å². The molecule has 0 aliphatic carbocycles. The first-order valence-corrected chi connectivity index (χ1v) is 8.39. The number of nitrogens with zero attached hydrogens (tertiary/aromatic N) is 1. The number of hydrogen-bond donors (Lipinski definition) is 0. The second-order valence-corrected chi connectivity index (χ2v) is 6.35. The molecule has 3 atom stereocenters. The zero-order valence-corrected chi connectivity index (χ0v) is 14.5. The van der Waals surface area contributed by atoms with Gasteiger partial charge in [0.15, 0.2) is 0 Å². The fourth-order valence-electron chi connectivity index (χ4n) is 3.33. The van der Waals surface area contributed by atoms with E-state index in [1.165, 1.54) is 19.8 Å². The summed E-state index contributed by atoms with van der Waals surface area (Å²) < 4.78 is 16.2. The van der Waals surface area contributed by atoms with E-state index < -0.39 is 11.8 Å². The molecule has 132 valence electrons. The monoisotopic (exact) mass is 335 g/mol. The fourth-order valence-corrected chi connectivity index (χ4v) is 3.33. The highest BCUT2D eigenvalue weighted by molar-refractivity contribution is 5.78. The molecule has 0 spiro atoms. The Kier molecular flexibility index (Phi) is 5.20. The number of hydroxylamine groups is 2. The van der Waals surface area contributed by atoms with E-state index in [-0.39, 0.29) is 12.3 Å². The molecule has 2 heterocycles. The third kappa shape index (κ3) is 3.19. The Morgan fingerprint density at radius 1 is 1.25 bits per heavy atom. The number of benzene rings is 1. The van der Waals surface area contributed by atoms with Crippen molar-refractivity contribution in [3.05, 3.63) is 35.4 Å². The maximum Gasteiger partial charge on any atom is 0.368 e. The maximum absolute atomic E-state index is 12.3. The molecule has 2 fully saturated rings. The van der Waals surface area contributed by atoms with E-state index in [2.05, 4.69) is 24.3 Å². The predicted octanol–water partition coefficient (Wildman–Crippen LogP) is 2.72. The van der Waals surface area contributed by atoms with Crippen molar-refractivity contribution in [1.29, 1.82) is 0 Å². The van der Waals surface area contributed by atoms with Gasteiger partial charge in [0, 0.05) is 20.1 Å². The molecular formula is C18H25NO5. The second-order valence-electron chi connectivity index (χ2n) is 6.35. The molecule has 24 heavy (non-hydrogen) atoms. The van der Waals surface area contributed by atoms with E-state index in [4.69, 9.17) is 19.0 Å². The normalized spacial score (nSPS) is 31.1. The molecule has 2 aliphatic rings. The number of rotatable bonds is 4. The summed E-state index contributed by atoms with van der Waals surface area (Å²) in [6.45, 7) is 2.74. The Bertz CT molecular complexity index is 569. The molecule has 6 nitrogen and oxygen atoms in total. The van der Waals surface area contributed by atoms with Crippen molar-refractivity contribution >= 4 is 5.97 Å². The molecule has 1 aromatic carbocycles. The first-order valence-electron chi connectivity index (χ1n) is 8.39. The second kappa shape index (κ2) is 7.19. The number of carbonyl (C=O) groups excluding carboxylic acids is 1. The standard InChI is InChI=1S/C18H25NO5/c1-13-7-9-14(10-8-13)15-12-18(22-3,17(20)21-2)24-19(15)16-6-4-5-11-23-16/h7-10,15-16H,4-6,11-12H2,1-3H3. The van der Waals surface area contributed by atoms with Crippen LogP contribution in [0.5, 0.6) is 0 Å². The van der Waals surface area contributed by atoms with Crippen LogP contribution in [0.25, 0.3) is 0 Å². The average molecular weight is 335 g/mol. The lowest BCUT2D eigenvalue weighted by Crippen LogP contribution is -2.45. The Hall–Kier alpha value is -1.47. The molecule has 0 radical (unpaired) electrons. The number of aryl methyl sites for hydroxylation is 1.